The van der Waals surface area contributed by atoms with Crippen molar-refractivity contribution in [2.24, 2.45) is 0 Å². The van der Waals surface area contributed by atoms with Crippen LogP contribution in [0.25, 0.3) is 0 Å². The Morgan fingerprint density at radius 3 is 1.75 bits per heavy atom. The second kappa shape index (κ2) is 10.2. The second-order valence-corrected chi connectivity index (χ2v) is 2.36. The first-order valence-electron chi connectivity index (χ1n) is 3.97. The topological polar surface area (TPSA) is 12.0 Å². The normalized spacial score (nSPS) is 7.58. The minimum Gasteiger partial charge on any atom is -0.320 e. The summed E-state index contributed by atoms with van der Waals surface area (Å²) in [4.78, 5) is 0. The Hall–Kier alpha value is -0.820. The highest BCUT2D eigenvalue weighted by molar-refractivity contribution is 5.11. The van der Waals surface area contributed by atoms with Crippen molar-refractivity contribution < 1.29 is 0 Å². The summed E-state index contributed by atoms with van der Waals surface area (Å²) in [5.74, 6) is 0. The minimum atomic E-state index is 0. The molecule has 1 heteroatoms. The smallest absolute Gasteiger partial charge is 0.00804 e. The van der Waals surface area contributed by atoms with E-state index >= 15 is 0 Å². The fraction of sp³-hybridized carbons (Fsp3) is 0.455. The van der Waals surface area contributed by atoms with Crippen molar-refractivity contribution in [3.8, 4) is 0 Å². The van der Waals surface area contributed by atoms with Crippen molar-refractivity contribution in [1.29, 1.82) is 0 Å². The van der Waals surface area contributed by atoms with Crippen molar-refractivity contribution in [3.05, 3.63) is 35.9 Å². The molecule has 0 saturated heterocycles. The summed E-state index contributed by atoms with van der Waals surface area (Å²) in [6.45, 7) is 5.22. The zero-order valence-electron chi connectivity index (χ0n) is 7.59. The molecule has 0 radical (unpaired) electrons. The first-order chi connectivity index (χ1) is 5.31. The first-order valence-corrected chi connectivity index (χ1v) is 3.97. The molecule has 0 aliphatic rings. The van der Waals surface area contributed by atoms with Crippen LogP contribution in [0.15, 0.2) is 30.3 Å². The fourth-order valence-electron chi connectivity index (χ4n) is 0.534. The van der Waals surface area contributed by atoms with Gasteiger partial charge in [-0.05, 0) is 20.5 Å². The minimum absolute atomic E-state index is 0. The maximum absolute atomic E-state index is 2.93. The van der Waals surface area contributed by atoms with Gasteiger partial charge < -0.3 is 5.32 Å². The lowest BCUT2D eigenvalue weighted by molar-refractivity contribution is 0.864. The molecule has 0 amide bonds. The summed E-state index contributed by atoms with van der Waals surface area (Å²) < 4.78 is 0. The molecule has 0 spiro atoms. The number of benzene rings is 1. The molecule has 1 aromatic carbocycles. The van der Waals surface area contributed by atoms with E-state index in [0.717, 1.165) is 6.54 Å². The van der Waals surface area contributed by atoms with Crippen LogP contribution in [0.1, 0.15) is 19.9 Å². The maximum Gasteiger partial charge on any atom is -0.00804 e. The van der Waals surface area contributed by atoms with Crippen molar-refractivity contribution >= 4 is 0 Å². The molecule has 1 rings (SSSR count). The molecule has 0 fully saturated rings. The van der Waals surface area contributed by atoms with Crippen LogP contribution in [0, 0.1) is 6.92 Å². The van der Waals surface area contributed by atoms with Gasteiger partial charge in [0.1, 0.15) is 0 Å². The fourth-order valence-corrected chi connectivity index (χ4v) is 0.534. The molecular weight excluding hydrogens is 146 g/mol. The molecule has 12 heavy (non-hydrogen) atoms. The Balaban J connectivity index is 0. The van der Waals surface area contributed by atoms with Gasteiger partial charge in [-0.2, -0.15) is 0 Å². The van der Waals surface area contributed by atoms with E-state index in [0.29, 0.717) is 0 Å². The second-order valence-electron chi connectivity index (χ2n) is 2.36. The lowest BCUT2D eigenvalue weighted by Crippen LogP contribution is -2.01. The molecular formula is C11H21N. The third kappa shape index (κ3) is 9.18. The van der Waals surface area contributed by atoms with E-state index in [-0.39, 0.29) is 7.43 Å². The summed E-state index contributed by atoms with van der Waals surface area (Å²) in [7, 11) is 1.93. The van der Waals surface area contributed by atoms with Crippen molar-refractivity contribution in [2.45, 2.75) is 21.3 Å². The van der Waals surface area contributed by atoms with Crippen molar-refractivity contribution in [1.82, 2.24) is 5.32 Å². The van der Waals surface area contributed by atoms with Gasteiger partial charge in [0.15, 0.2) is 0 Å². The molecule has 1 aromatic rings. The highest BCUT2D eigenvalue weighted by atomic mass is 14.8. The van der Waals surface area contributed by atoms with Crippen LogP contribution in [0.5, 0.6) is 0 Å². The Labute approximate surface area is 76.8 Å². The summed E-state index contributed by atoms with van der Waals surface area (Å²) in [5.41, 5.74) is 1.32. The van der Waals surface area contributed by atoms with Crippen LogP contribution >= 0.6 is 0 Å². The zero-order chi connectivity index (χ0) is 8.53. The van der Waals surface area contributed by atoms with Gasteiger partial charge in [0.2, 0.25) is 0 Å². The number of nitrogens with one attached hydrogen (secondary N) is 1. The number of rotatable bonds is 1. The number of hydrogen-bond acceptors (Lipinski definition) is 1. The van der Waals surface area contributed by atoms with Gasteiger partial charge in [-0.1, -0.05) is 50.2 Å². The van der Waals surface area contributed by atoms with E-state index in [1.54, 1.807) is 0 Å². The quantitative estimate of drug-likeness (QED) is 0.678. The molecule has 0 atom stereocenters. The van der Waals surface area contributed by atoms with E-state index < -0.39 is 0 Å². The van der Waals surface area contributed by atoms with Crippen molar-refractivity contribution in [2.75, 3.05) is 13.6 Å². The highest BCUT2D eigenvalue weighted by Crippen LogP contribution is 1.92. The standard InChI is InChI=1S/C7H8.C3H9N.CH4/c1-7-5-3-2-4-6-7;1-3-4-2;/h2-6H,1H3;4H,3H2,1-2H3;1H4. The van der Waals surface area contributed by atoms with E-state index in [1.807, 2.05) is 25.2 Å². The molecule has 0 aromatic heterocycles. The van der Waals surface area contributed by atoms with Gasteiger partial charge >= 0.3 is 0 Å². The molecule has 1 nitrogen and oxygen atoms in total. The molecule has 70 valence electrons. The number of hydrogen-bond donors (Lipinski definition) is 1. The molecule has 0 heterocycles. The Morgan fingerprint density at radius 2 is 1.58 bits per heavy atom. The Bertz CT molecular complexity index is 156. The average Bonchev–Trinajstić information content (AvgIpc) is 2.07. The predicted molar refractivity (Wildman–Crippen MR) is 57.5 cm³/mol. The van der Waals surface area contributed by atoms with E-state index in [1.165, 1.54) is 5.56 Å². The predicted octanol–water partition coefficient (Wildman–Crippen LogP) is 2.86. The SMILES string of the molecule is C.CCNC.Cc1ccccc1. The van der Waals surface area contributed by atoms with E-state index in [9.17, 15) is 0 Å². The van der Waals surface area contributed by atoms with Crippen LogP contribution < -0.4 is 5.32 Å². The van der Waals surface area contributed by atoms with Crippen LogP contribution in [0.2, 0.25) is 0 Å². The third-order valence-electron chi connectivity index (χ3n) is 1.29. The highest BCUT2D eigenvalue weighted by Gasteiger charge is 1.72. The summed E-state index contributed by atoms with van der Waals surface area (Å²) >= 11 is 0. The monoisotopic (exact) mass is 167 g/mol. The van der Waals surface area contributed by atoms with Gasteiger partial charge in [0, 0.05) is 0 Å². The lowest BCUT2D eigenvalue weighted by atomic mass is 10.2. The molecule has 0 unspecified atom stereocenters. The molecule has 0 aliphatic carbocycles. The largest absolute Gasteiger partial charge is 0.320 e. The Kier molecular flexibility index (Phi) is 11.7. The average molecular weight is 167 g/mol. The third-order valence-corrected chi connectivity index (χ3v) is 1.29. The van der Waals surface area contributed by atoms with Crippen LogP contribution in [0.4, 0.5) is 0 Å². The van der Waals surface area contributed by atoms with Gasteiger partial charge in [0.05, 0.1) is 0 Å². The van der Waals surface area contributed by atoms with Crippen LogP contribution in [-0.4, -0.2) is 13.6 Å². The maximum atomic E-state index is 2.93. The van der Waals surface area contributed by atoms with Gasteiger partial charge in [0.25, 0.3) is 0 Å². The zero-order valence-corrected chi connectivity index (χ0v) is 7.59. The van der Waals surface area contributed by atoms with Crippen LogP contribution in [-0.2, 0) is 0 Å². The van der Waals surface area contributed by atoms with E-state index in [4.69, 9.17) is 0 Å². The van der Waals surface area contributed by atoms with Gasteiger partial charge in [-0.3, -0.25) is 0 Å². The Morgan fingerprint density at radius 1 is 1.17 bits per heavy atom. The van der Waals surface area contributed by atoms with Gasteiger partial charge in [-0.15, -0.1) is 0 Å². The van der Waals surface area contributed by atoms with Crippen LogP contribution in [0.3, 0.4) is 0 Å². The summed E-state index contributed by atoms with van der Waals surface area (Å²) in [5, 5.41) is 2.93. The number of aryl methyl sites for hydroxylation is 1. The van der Waals surface area contributed by atoms with Gasteiger partial charge in [-0.25, -0.2) is 0 Å². The summed E-state index contributed by atoms with van der Waals surface area (Å²) in [6.07, 6.45) is 0. The molecule has 0 saturated carbocycles. The lowest BCUT2D eigenvalue weighted by Gasteiger charge is -1.82. The van der Waals surface area contributed by atoms with Crippen molar-refractivity contribution in [3.63, 3.8) is 0 Å². The van der Waals surface area contributed by atoms with E-state index in [2.05, 4.69) is 31.3 Å². The summed E-state index contributed by atoms with van der Waals surface area (Å²) in [6, 6.07) is 10.3. The molecule has 1 N–H and O–H groups in total. The molecule has 0 bridgehead atoms. The molecule has 0 aliphatic heterocycles. The first kappa shape index (κ1) is 13.7.